The van der Waals surface area contributed by atoms with Gasteiger partial charge in [0.15, 0.2) is 11.5 Å². The summed E-state index contributed by atoms with van der Waals surface area (Å²) in [5.74, 6) is 1.79. The van der Waals surface area contributed by atoms with Gasteiger partial charge < -0.3 is 14.8 Å². The second-order valence-corrected chi connectivity index (χ2v) is 4.29. The van der Waals surface area contributed by atoms with Gasteiger partial charge in [0, 0.05) is 6.42 Å². The third kappa shape index (κ3) is 3.63. The molecule has 0 spiro atoms. The highest BCUT2D eigenvalue weighted by Gasteiger charge is 2.10. The molecule has 17 heavy (non-hydrogen) atoms. The highest BCUT2D eigenvalue weighted by Crippen LogP contribution is 2.30. The normalized spacial score (nSPS) is 14.4. The van der Waals surface area contributed by atoms with E-state index >= 15 is 0 Å². The number of aryl methyl sites for hydroxylation is 1. The molecule has 0 atom stereocenters. The molecule has 1 N–H and O–H groups in total. The van der Waals surface area contributed by atoms with E-state index in [1.807, 2.05) is 6.07 Å². The zero-order valence-electron chi connectivity index (χ0n) is 10.5. The Morgan fingerprint density at radius 1 is 1.18 bits per heavy atom. The van der Waals surface area contributed by atoms with Crippen molar-refractivity contribution in [2.45, 2.75) is 26.2 Å². The van der Waals surface area contributed by atoms with Crippen molar-refractivity contribution >= 4 is 0 Å². The van der Waals surface area contributed by atoms with Gasteiger partial charge in [-0.3, -0.25) is 0 Å². The first kappa shape index (κ1) is 12.2. The van der Waals surface area contributed by atoms with Gasteiger partial charge >= 0.3 is 0 Å². The Morgan fingerprint density at radius 2 is 2.00 bits per heavy atom. The lowest BCUT2D eigenvalue weighted by Crippen LogP contribution is -2.14. The fourth-order valence-corrected chi connectivity index (χ4v) is 1.96. The van der Waals surface area contributed by atoms with Crippen LogP contribution in [0.25, 0.3) is 0 Å². The molecule has 0 bridgehead atoms. The van der Waals surface area contributed by atoms with E-state index in [-0.39, 0.29) is 0 Å². The molecule has 2 rings (SSSR count). The monoisotopic (exact) mass is 235 g/mol. The number of hydrogen-bond donors (Lipinski definition) is 1. The first-order valence-corrected chi connectivity index (χ1v) is 6.49. The predicted molar refractivity (Wildman–Crippen MR) is 68.9 cm³/mol. The molecule has 1 aromatic carbocycles. The van der Waals surface area contributed by atoms with E-state index in [4.69, 9.17) is 9.47 Å². The molecule has 1 aromatic rings. The lowest BCUT2D eigenvalue weighted by molar-refractivity contribution is 0.297. The van der Waals surface area contributed by atoms with Gasteiger partial charge in [-0.2, -0.15) is 0 Å². The number of fused-ring (bicyclic) bond motifs is 1. The third-order valence-corrected chi connectivity index (χ3v) is 2.88. The zero-order chi connectivity index (χ0) is 11.9. The van der Waals surface area contributed by atoms with Crippen molar-refractivity contribution in [2.75, 3.05) is 26.3 Å². The van der Waals surface area contributed by atoms with Crippen molar-refractivity contribution in [1.82, 2.24) is 5.32 Å². The molecule has 1 heterocycles. The van der Waals surface area contributed by atoms with Gasteiger partial charge in [-0.1, -0.05) is 13.0 Å². The summed E-state index contributed by atoms with van der Waals surface area (Å²) < 4.78 is 11.3. The van der Waals surface area contributed by atoms with E-state index in [0.29, 0.717) is 0 Å². The summed E-state index contributed by atoms with van der Waals surface area (Å²) in [5, 5.41) is 3.33. The molecule has 0 unspecified atom stereocenters. The van der Waals surface area contributed by atoms with Gasteiger partial charge in [-0.25, -0.2) is 0 Å². The van der Waals surface area contributed by atoms with Crippen LogP contribution in [0.4, 0.5) is 0 Å². The highest BCUT2D eigenvalue weighted by atomic mass is 16.5. The molecule has 0 radical (unpaired) electrons. The summed E-state index contributed by atoms with van der Waals surface area (Å²) in [6.45, 7) is 5.76. The summed E-state index contributed by atoms with van der Waals surface area (Å²) in [5.41, 5.74) is 1.33. The second kappa shape index (κ2) is 6.50. The molecule has 1 aliphatic rings. The molecule has 0 aliphatic carbocycles. The Morgan fingerprint density at radius 3 is 2.82 bits per heavy atom. The fourth-order valence-electron chi connectivity index (χ4n) is 1.96. The van der Waals surface area contributed by atoms with Crippen LogP contribution in [0.3, 0.4) is 0 Å². The molecule has 0 saturated carbocycles. The Hall–Kier alpha value is -1.22. The average molecular weight is 235 g/mol. The van der Waals surface area contributed by atoms with Crippen molar-refractivity contribution in [1.29, 1.82) is 0 Å². The Bertz CT molecular complexity index is 352. The van der Waals surface area contributed by atoms with Crippen LogP contribution in [0, 0.1) is 0 Å². The minimum Gasteiger partial charge on any atom is -0.490 e. The predicted octanol–water partition coefficient (Wildman–Crippen LogP) is 2.39. The summed E-state index contributed by atoms with van der Waals surface area (Å²) in [4.78, 5) is 0. The lowest BCUT2D eigenvalue weighted by atomic mass is 10.1. The SMILES string of the molecule is CCNCCCc1ccc2c(c1)OCCCO2. The van der Waals surface area contributed by atoms with Crippen LogP contribution < -0.4 is 14.8 Å². The van der Waals surface area contributed by atoms with Gasteiger partial charge in [-0.15, -0.1) is 0 Å². The minimum atomic E-state index is 0.757. The summed E-state index contributed by atoms with van der Waals surface area (Å²) in [6, 6.07) is 6.29. The molecule has 0 amide bonds. The fraction of sp³-hybridized carbons (Fsp3) is 0.571. The number of hydrogen-bond acceptors (Lipinski definition) is 3. The second-order valence-electron chi connectivity index (χ2n) is 4.29. The largest absolute Gasteiger partial charge is 0.490 e. The summed E-state index contributed by atoms with van der Waals surface area (Å²) >= 11 is 0. The van der Waals surface area contributed by atoms with Crippen molar-refractivity contribution in [3.8, 4) is 11.5 Å². The molecule has 0 aromatic heterocycles. The summed E-state index contributed by atoms with van der Waals surface area (Å²) in [6.07, 6.45) is 3.21. The van der Waals surface area contributed by atoms with E-state index in [0.717, 1.165) is 57.1 Å². The highest BCUT2D eigenvalue weighted by molar-refractivity contribution is 5.43. The van der Waals surface area contributed by atoms with E-state index in [1.165, 1.54) is 5.56 Å². The van der Waals surface area contributed by atoms with Crippen LogP contribution in [-0.2, 0) is 6.42 Å². The Labute approximate surface area is 103 Å². The minimum absolute atomic E-state index is 0.757. The van der Waals surface area contributed by atoms with Crippen molar-refractivity contribution in [3.63, 3.8) is 0 Å². The van der Waals surface area contributed by atoms with Gasteiger partial charge in [0.25, 0.3) is 0 Å². The van der Waals surface area contributed by atoms with Gasteiger partial charge in [0.05, 0.1) is 13.2 Å². The van der Waals surface area contributed by atoms with Crippen LogP contribution in [0.2, 0.25) is 0 Å². The first-order chi connectivity index (χ1) is 8.40. The molecule has 1 aliphatic heterocycles. The molecular formula is C14H21NO2. The quantitative estimate of drug-likeness (QED) is 0.795. The number of benzene rings is 1. The average Bonchev–Trinajstić information content (AvgIpc) is 2.59. The lowest BCUT2D eigenvalue weighted by Gasteiger charge is -2.09. The van der Waals surface area contributed by atoms with E-state index in [2.05, 4.69) is 24.4 Å². The maximum atomic E-state index is 5.68. The maximum absolute atomic E-state index is 5.68. The van der Waals surface area contributed by atoms with E-state index in [9.17, 15) is 0 Å². The molecule has 3 heteroatoms. The van der Waals surface area contributed by atoms with Crippen molar-refractivity contribution < 1.29 is 9.47 Å². The Balaban J connectivity index is 1.93. The molecule has 0 fully saturated rings. The van der Waals surface area contributed by atoms with Gasteiger partial charge in [-0.05, 0) is 43.6 Å². The standard InChI is InChI=1S/C14H21NO2/c1-2-15-8-3-5-12-6-7-13-14(11-12)17-10-4-9-16-13/h6-7,11,15H,2-5,8-10H2,1H3. The number of rotatable bonds is 5. The van der Waals surface area contributed by atoms with Crippen LogP contribution in [0.15, 0.2) is 18.2 Å². The smallest absolute Gasteiger partial charge is 0.161 e. The van der Waals surface area contributed by atoms with Crippen LogP contribution in [-0.4, -0.2) is 26.3 Å². The van der Waals surface area contributed by atoms with Crippen LogP contribution in [0.5, 0.6) is 11.5 Å². The van der Waals surface area contributed by atoms with E-state index < -0.39 is 0 Å². The molecule has 3 nitrogen and oxygen atoms in total. The van der Waals surface area contributed by atoms with Gasteiger partial charge in [0.2, 0.25) is 0 Å². The zero-order valence-corrected chi connectivity index (χ0v) is 10.5. The molecular weight excluding hydrogens is 214 g/mol. The van der Waals surface area contributed by atoms with Crippen LogP contribution in [0.1, 0.15) is 25.3 Å². The number of ether oxygens (including phenoxy) is 2. The van der Waals surface area contributed by atoms with E-state index in [1.54, 1.807) is 0 Å². The molecule has 0 saturated heterocycles. The molecule has 94 valence electrons. The maximum Gasteiger partial charge on any atom is 0.161 e. The summed E-state index contributed by atoms with van der Waals surface area (Å²) in [7, 11) is 0. The number of nitrogens with one attached hydrogen (secondary N) is 1. The topological polar surface area (TPSA) is 30.5 Å². The van der Waals surface area contributed by atoms with Gasteiger partial charge in [0.1, 0.15) is 0 Å². The third-order valence-electron chi connectivity index (χ3n) is 2.88. The van der Waals surface area contributed by atoms with Crippen molar-refractivity contribution in [3.05, 3.63) is 23.8 Å². The Kier molecular flexibility index (Phi) is 4.68. The van der Waals surface area contributed by atoms with Crippen LogP contribution >= 0.6 is 0 Å². The van der Waals surface area contributed by atoms with Crippen molar-refractivity contribution in [2.24, 2.45) is 0 Å². The first-order valence-electron chi connectivity index (χ1n) is 6.49.